The SMILES string of the molecule is CC(C(N)c1cc2[nH]c(=O)[nH]c2cc1Br)S(C)(=O)=O. The summed E-state index contributed by atoms with van der Waals surface area (Å²) in [5, 5.41) is -0.716. The van der Waals surface area contributed by atoms with E-state index in [9.17, 15) is 13.2 Å². The molecule has 0 bridgehead atoms. The molecule has 2 aromatic rings. The number of halogens is 1. The molecule has 8 heteroatoms. The van der Waals surface area contributed by atoms with E-state index in [0.717, 1.165) is 6.26 Å². The minimum atomic E-state index is -3.24. The van der Waals surface area contributed by atoms with Gasteiger partial charge in [-0.05, 0) is 24.6 Å². The van der Waals surface area contributed by atoms with E-state index >= 15 is 0 Å². The number of aromatic nitrogens is 2. The number of benzene rings is 1. The molecular formula is C11H14BrN3O3S. The third kappa shape index (κ3) is 2.75. The zero-order valence-corrected chi connectivity index (χ0v) is 12.8. The summed E-state index contributed by atoms with van der Waals surface area (Å²) < 4.78 is 23.8. The van der Waals surface area contributed by atoms with Crippen LogP contribution in [0.1, 0.15) is 18.5 Å². The fourth-order valence-corrected chi connectivity index (χ4v) is 3.13. The van der Waals surface area contributed by atoms with Crippen LogP contribution in [0.15, 0.2) is 21.4 Å². The van der Waals surface area contributed by atoms with Crippen LogP contribution < -0.4 is 11.4 Å². The Morgan fingerprint density at radius 3 is 2.32 bits per heavy atom. The van der Waals surface area contributed by atoms with Gasteiger partial charge >= 0.3 is 5.69 Å². The lowest BCUT2D eigenvalue weighted by Gasteiger charge is -2.20. The molecule has 4 N–H and O–H groups in total. The minimum Gasteiger partial charge on any atom is -0.323 e. The Balaban J connectivity index is 2.55. The molecule has 1 aromatic heterocycles. The first-order chi connectivity index (χ1) is 8.70. The molecule has 6 nitrogen and oxygen atoms in total. The smallest absolute Gasteiger partial charge is 0.323 e. The highest BCUT2D eigenvalue weighted by atomic mass is 79.9. The lowest BCUT2D eigenvalue weighted by atomic mass is 10.0. The highest BCUT2D eigenvalue weighted by Crippen LogP contribution is 2.29. The number of imidazole rings is 1. The van der Waals surface area contributed by atoms with Gasteiger partial charge in [-0.3, -0.25) is 0 Å². The number of hydrogen-bond acceptors (Lipinski definition) is 4. The lowest BCUT2D eigenvalue weighted by Crippen LogP contribution is -2.30. The van der Waals surface area contributed by atoms with Crippen LogP contribution in [0.4, 0.5) is 0 Å². The fourth-order valence-electron chi connectivity index (χ4n) is 1.85. The summed E-state index contributed by atoms with van der Waals surface area (Å²) in [4.78, 5) is 16.5. The Morgan fingerprint density at radius 1 is 1.26 bits per heavy atom. The van der Waals surface area contributed by atoms with Crippen molar-refractivity contribution in [1.29, 1.82) is 0 Å². The quantitative estimate of drug-likeness (QED) is 0.770. The average Bonchev–Trinajstić information content (AvgIpc) is 2.64. The Labute approximate surface area is 118 Å². The highest BCUT2D eigenvalue weighted by molar-refractivity contribution is 9.10. The Hall–Kier alpha value is -1.12. The number of sulfone groups is 1. The van der Waals surface area contributed by atoms with Crippen LogP contribution in [-0.4, -0.2) is 29.9 Å². The monoisotopic (exact) mass is 347 g/mol. The van der Waals surface area contributed by atoms with E-state index in [-0.39, 0.29) is 5.69 Å². The second kappa shape index (κ2) is 4.77. The predicted octanol–water partition coefficient (Wildman–Crippen LogP) is 1.05. The van der Waals surface area contributed by atoms with Crippen molar-refractivity contribution in [2.24, 2.45) is 5.73 Å². The van der Waals surface area contributed by atoms with Crippen LogP contribution in [0.5, 0.6) is 0 Å². The van der Waals surface area contributed by atoms with Gasteiger partial charge < -0.3 is 15.7 Å². The molecule has 2 atom stereocenters. The van der Waals surface area contributed by atoms with Crippen LogP contribution >= 0.6 is 15.9 Å². The largest absolute Gasteiger partial charge is 0.323 e. The minimum absolute atomic E-state index is 0.316. The van der Waals surface area contributed by atoms with Gasteiger partial charge in [-0.25, -0.2) is 13.2 Å². The van der Waals surface area contributed by atoms with Crippen LogP contribution in [0.2, 0.25) is 0 Å². The van der Waals surface area contributed by atoms with E-state index in [1.807, 2.05) is 0 Å². The van der Waals surface area contributed by atoms with Crippen molar-refractivity contribution < 1.29 is 8.42 Å². The molecular weight excluding hydrogens is 334 g/mol. The molecule has 0 radical (unpaired) electrons. The van der Waals surface area contributed by atoms with Crippen molar-refractivity contribution in [3.63, 3.8) is 0 Å². The maximum absolute atomic E-state index is 11.6. The van der Waals surface area contributed by atoms with E-state index in [1.165, 1.54) is 0 Å². The van der Waals surface area contributed by atoms with Gasteiger partial charge in [-0.2, -0.15) is 0 Å². The maximum atomic E-state index is 11.6. The second-order valence-corrected chi connectivity index (χ2v) is 7.82. The van der Waals surface area contributed by atoms with Gasteiger partial charge in [0.1, 0.15) is 0 Å². The summed E-state index contributed by atoms with van der Waals surface area (Å²) in [6, 6.07) is 2.72. The molecule has 2 rings (SSSR count). The lowest BCUT2D eigenvalue weighted by molar-refractivity contribution is 0.570. The fraction of sp³-hybridized carbons (Fsp3) is 0.364. The first-order valence-corrected chi connectivity index (χ1v) is 8.31. The van der Waals surface area contributed by atoms with Gasteiger partial charge in [-0.1, -0.05) is 15.9 Å². The van der Waals surface area contributed by atoms with E-state index in [0.29, 0.717) is 21.1 Å². The molecule has 0 saturated carbocycles. The molecule has 19 heavy (non-hydrogen) atoms. The first kappa shape index (κ1) is 14.3. The van der Waals surface area contributed by atoms with Crippen molar-refractivity contribution in [2.75, 3.05) is 6.26 Å². The number of nitrogens with one attached hydrogen (secondary N) is 2. The maximum Gasteiger partial charge on any atom is 0.323 e. The molecule has 0 amide bonds. The van der Waals surface area contributed by atoms with Crippen molar-refractivity contribution >= 4 is 36.8 Å². The Bertz CT molecular complexity index is 778. The van der Waals surface area contributed by atoms with Gasteiger partial charge in [0.05, 0.1) is 16.3 Å². The first-order valence-electron chi connectivity index (χ1n) is 5.56. The van der Waals surface area contributed by atoms with Crippen molar-refractivity contribution in [3.05, 3.63) is 32.7 Å². The number of aromatic amines is 2. The molecule has 0 aliphatic heterocycles. The van der Waals surface area contributed by atoms with Gasteiger partial charge in [-0.15, -0.1) is 0 Å². The second-order valence-electron chi connectivity index (χ2n) is 4.56. The predicted molar refractivity (Wildman–Crippen MR) is 77.9 cm³/mol. The summed E-state index contributed by atoms with van der Waals surface area (Å²) in [5.74, 6) is 0. The van der Waals surface area contributed by atoms with E-state index in [2.05, 4.69) is 25.9 Å². The summed E-state index contributed by atoms with van der Waals surface area (Å²) in [6.07, 6.45) is 1.15. The summed E-state index contributed by atoms with van der Waals surface area (Å²) in [5.41, 5.74) is 7.57. The number of rotatable bonds is 3. The third-order valence-corrected chi connectivity index (χ3v) is 5.50. The van der Waals surface area contributed by atoms with E-state index in [1.54, 1.807) is 19.1 Å². The van der Waals surface area contributed by atoms with Crippen molar-refractivity contribution in [3.8, 4) is 0 Å². The average molecular weight is 348 g/mol. The molecule has 0 spiro atoms. The van der Waals surface area contributed by atoms with Crippen molar-refractivity contribution in [1.82, 2.24) is 9.97 Å². The molecule has 0 aliphatic rings. The Morgan fingerprint density at radius 2 is 1.79 bits per heavy atom. The molecule has 1 heterocycles. The van der Waals surface area contributed by atoms with Crippen LogP contribution in [0, 0.1) is 0 Å². The van der Waals surface area contributed by atoms with Crippen LogP contribution in [-0.2, 0) is 9.84 Å². The van der Waals surface area contributed by atoms with E-state index < -0.39 is 21.1 Å². The topological polar surface area (TPSA) is 109 Å². The van der Waals surface area contributed by atoms with Gasteiger partial charge in [0.25, 0.3) is 0 Å². The molecule has 0 fully saturated rings. The zero-order chi connectivity index (χ0) is 14.4. The molecule has 0 saturated heterocycles. The number of nitrogens with two attached hydrogens (primary N) is 1. The van der Waals surface area contributed by atoms with Crippen molar-refractivity contribution in [2.45, 2.75) is 18.2 Å². The van der Waals surface area contributed by atoms with Gasteiger partial charge in [0.2, 0.25) is 0 Å². The highest BCUT2D eigenvalue weighted by Gasteiger charge is 2.26. The summed E-state index contributed by atoms with van der Waals surface area (Å²) >= 11 is 3.35. The standard InChI is InChI=1S/C11H14BrN3O3S/c1-5(19(2,17)18)10(13)6-3-8-9(4-7(6)12)15-11(16)14-8/h3-5,10H,13H2,1-2H3,(H2,14,15,16). The normalized spacial score (nSPS) is 15.6. The third-order valence-electron chi connectivity index (χ3n) is 3.17. The van der Waals surface area contributed by atoms with Crippen LogP contribution in [0.25, 0.3) is 11.0 Å². The Kier molecular flexibility index (Phi) is 3.59. The molecule has 0 aliphatic carbocycles. The number of H-pyrrole nitrogens is 2. The van der Waals surface area contributed by atoms with E-state index in [4.69, 9.17) is 5.73 Å². The molecule has 1 aromatic carbocycles. The van der Waals surface area contributed by atoms with Crippen LogP contribution in [0.3, 0.4) is 0 Å². The zero-order valence-electron chi connectivity index (χ0n) is 10.4. The van der Waals surface area contributed by atoms with Gasteiger partial charge in [0, 0.05) is 16.8 Å². The summed E-state index contributed by atoms with van der Waals surface area (Å²) in [6.45, 7) is 1.57. The molecule has 2 unspecified atom stereocenters. The number of hydrogen-bond donors (Lipinski definition) is 3. The number of fused-ring (bicyclic) bond motifs is 1. The summed E-state index contributed by atoms with van der Waals surface area (Å²) in [7, 11) is -3.24. The van der Waals surface area contributed by atoms with Gasteiger partial charge in [0.15, 0.2) is 9.84 Å². The molecule has 104 valence electrons.